The lowest BCUT2D eigenvalue weighted by atomic mass is 9.83. The number of pyridine rings is 1. The third-order valence-electron chi connectivity index (χ3n) is 4.12. The summed E-state index contributed by atoms with van der Waals surface area (Å²) in [5.41, 5.74) is 0.139. The Bertz CT molecular complexity index is 817. The van der Waals surface area contributed by atoms with Crippen LogP contribution in [0.4, 0.5) is 0 Å². The van der Waals surface area contributed by atoms with Gasteiger partial charge in [-0.15, -0.1) is 0 Å². The van der Waals surface area contributed by atoms with Gasteiger partial charge in [0.05, 0.1) is 11.8 Å². The second kappa shape index (κ2) is 6.20. The Morgan fingerprint density at radius 3 is 2.64 bits per heavy atom. The first kappa shape index (κ1) is 17.0. The number of aliphatic hydroxyl groups excluding tert-OH is 1. The second-order valence-corrected chi connectivity index (χ2v) is 7.05. The van der Waals surface area contributed by atoms with E-state index in [0.29, 0.717) is 5.76 Å². The van der Waals surface area contributed by atoms with Crippen LogP contribution in [-0.2, 0) is 16.1 Å². The first-order valence-corrected chi connectivity index (χ1v) is 8.02. The minimum absolute atomic E-state index is 0.0799. The molecule has 0 radical (unpaired) electrons. The highest BCUT2D eigenvalue weighted by Gasteiger charge is 2.47. The van der Waals surface area contributed by atoms with Crippen LogP contribution in [0.25, 0.3) is 0 Å². The summed E-state index contributed by atoms with van der Waals surface area (Å²) in [6.45, 7) is 5.47. The SMILES string of the molecule is CC(C)(C)C(=O)C1=C(O)C(=O)N(Cc2cccnc2)C1c1ccco1. The van der Waals surface area contributed by atoms with Crippen LogP contribution < -0.4 is 0 Å². The molecule has 1 amide bonds. The van der Waals surface area contributed by atoms with Gasteiger partial charge in [-0.25, -0.2) is 0 Å². The quantitative estimate of drug-likeness (QED) is 0.924. The third-order valence-corrected chi connectivity index (χ3v) is 4.12. The summed E-state index contributed by atoms with van der Waals surface area (Å²) in [5, 5.41) is 10.4. The molecule has 1 unspecified atom stereocenters. The van der Waals surface area contributed by atoms with Crippen LogP contribution in [0.5, 0.6) is 0 Å². The monoisotopic (exact) mass is 340 g/mol. The summed E-state index contributed by atoms with van der Waals surface area (Å²) in [4.78, 5) is 31.0. The van der Waals surface area contributed by atoms with Crippen LogP contribution in [-0.4, -0.2) is 26.7 Å². The molecule has 1 N–H and O–H groups in total. The zero-order chi connectivity index (χ0) is 18.2. The van der Waals surface area contributed by atoms with E-state index >= 15 is 0 Å². The molecule has 0 saturated carbocycles. The van der Waals surface area contributed by atoms with Crippen LogP contribution >= 0.6 is 0 Å². The summed E-state index contributed by atoms with van der Waals surface area (Å²) in [5.74, 6) is -0.939. The molecular formula is C19H20N2O4. The highest BCUT2D eigenvalue weighted by molar-refractivity contribution is 6.10. The molecule has 0 aromatic carbocycles. The fourth-order valence-corrected chi connectivity index (χ4v) is 2.88. The molecule has 0 aliphatic carbocycles. The fourth-order valence-electron chi connectivity index (χ4n) is 2.88. The fraction of sp³-hybridized carbons (Fsp3) is 0.316. The number of aromatic nitrogens is 1. The number of amides is 1. The normalized spacial score (nSPS) is 18.1. The molecule has 0 fully saturated rings. The summed E-state index contributed by atoms with van der Waals surface area (Å²) in [7, 11) is 0. The maximum atomic E-state index is 12.9. The van der Waals surface area contributed by atoms with Gasteiger partial charge in [0, 0.05) is 24.4 Å². The van der Waals surface area contributed by atoms with E-state index < -0.39 is 23.1 Å². The van der Waals surface area contributed by atoms with Crippen molar-refractivity contribution >= 4 is 11.7 Å². The smallest absolute Gasteiger partial charge is 0.290 e. The van der Waals surface area contributed by atoms with Gasteiger partial charge in [-0.1, -0.05) is 26.8 Å². The first-order chi connectivity index (χ1) is 11.8. The molecule has 3 heterocycles. The van der Waals surface area contributed by atoms with Crippen molar-refractivity contribution in [3.63, 3.8) is 0 Å². The molecule has 6 nitrogen and oxygen atoms in total. The Morgan fingerprint density at radius 1 is 1.32 bits per heavy atom. The third kappa shape index (κ3) is 3.07. The maximum absolute atomic E-state index is 12.9. The Morgan fingerprint density at radius 2 is 2.08 bits per heavy atom. The van der Waals surface area contributed by atoms with Crippen molar-refractivity contribution in [1.82, 2.24) is 9.88 Å². The molecule has 1 aliphatic rings. The van der Waals surface area contributed by atoms with E-state index in [1.54, 1.807) is 51.4 Å². The number of nitrogens with zero attached hydrogens (tertiary/aromatic N) is 2. The topological polar surface area (TPSA) is 83.6 Å². The van der Waals surface area contributed by atoms with E-state index in [4.69, 9.17) is 4.42 Å². The van der Waals surface area contributed by atoms with Gasteiger partial charge in [0.25, 0.3) is 5.91 Å². The van der Waals surface area contributed by atoms with Crippen molar-refractivity contribution in [2.75, 3.05) is 0 Å². The van der Waals surface area contributed by atoms with Gasteiger partial charge in [0.15, 0.2) is 11.5 Å². The number of rotatable bonds is 4. The number of Topliss-reactive ketones (excluding diaryl/α,β-unsaturated/α-hetero) is 1. The van der Waals surface area contributed by atoms with Gasteiger partial charge in [-0.05, 0) is 23.8 Å². The van der Waals surface area contributed by atoms with E-state index in [2.05, 4.69) is 4.98 Å². The van der Waals surface area contributed by atoms with E-state index in [1.807, 2.05) is 6.07 Å². The molecule has 2 aromatic rings. The predicted molar refractivity (Wildman–Crippen MR) is 90.4 cm³/mol. The maximum Gasteiger partial charge on any atom is 0.290 e. The number of hydrogen-bond acceptors (Lipinski definition) is 5. The summed E-state index contributed by atoms with van der Waals surface area (Å²) in [6, 6.07) is 6.24. The average molecular weight is 340 g/mol. The van der Waals surface area contributed by atoms with Crippen molar-refractivity contribution in [2.45, 2.75) is 33.4 Å². The lowest BCUT2D eigenvalue weighted by molar-refractivity contribution is -0.130. The molecule has 2 aromatic heterocycles. The Balaban J connectivity index is 2.05. The lowest BCUT2D eigenvalue weighted by Crippen LogP contribution is -2.32. The molecule has 130 valence electrons. The van der Waals surface area contributed by atoms with Crippen molar-refractivity contribution in [3.05, 3.63) is 65.6 Å². The van der Waals surface area contributed by atoms with Crippen molar-refractivity contribution in [2.24, 2.45) is 5.41 Å². The van der Waals surface area contributed by atoms with Crippen molar-refractivity contribution < 1.29 is 19.1 Å². The number of hydrogen-bond donors (Lipinski definition) is 1. The number of ketones is 1. The van der Waals surface area contributed by atoms with Gasteiger partial charge in [0.2, 0.25) is 0 Å². The molecule has 1 atom stereocenters. The van der Waals surface area contributed by atoms with Gasteiger partial charge in [-0.3, -0.25) is 14.6 Å². The van der Waals surface area contributed by atoms with Crippen molar-refractivity contribution in [3.8, 4) is 0 Å². The zero-order valence-corrected chi connectivity index (χ0v) is 14.4. The minimum Gasteiger partial charge on any atom is -0.503 e. The van der Waals surface area contributed by atoms with Crippen molar-refractivity contribution in [1.29, 1.82) is 0 Å². The summed E-state index contributed by atoms with van der Waals surface area (Å²) < 4.78 is 5.47. The van der Waals surface area contributed by atoms with Gasteiger partial charge in [-0.2, -0.15) is 0 Å². The van der Waals surface area contributed by atoms with Crippen LogP contribution in [0.15, 0.2) is 58.7 Å². The molecule has 3 rings (SSSR count). The van der Waals surface area contributed by atoms with E-state index in [1.165, 1.54) is 11.2 Å². The second-order valence-electron chi connectivity index (χ2n) is 7.05. The molecule has 0 bridgehead atoms. The number of carbonyl (C=O) groups excluding carboxylic acids is 2. The largest absolute Gasteiger partial charge is 0.503 e. The Hall–Kier alpha value is -2.89. The summed E-state index contributed by atoms with van der Waals surface area (Å²) in [6.07, 6.45) is 4.77. The molecule has 1 aliphatic heterocycles. The molecular weight excluding hydrogens is 320 g/mol. The van der Waals surface area contributed by atoms with Gasteiger partial charge >= 0.3 is 0 Å². The first-order valence-electron chi connectivity index (χ1n) is 8.02. The number of carbonyl (C=O) groups is 2. The molecule has 25 heavy (non-hydrogen) atoms. The van der Waals surface area contributed by atoms with Crippen LogP contribution in [0.3, 0.4) is 0 Å². The van der Waals surface area contributed by atoms with E-state index in [0.717, 1.165) is 5.56 Å². The lowest BCUT2D eigenvalue weighted by Gasteiger charge is -2.27. The van der Waals surface area contributed by atoms with Gasteiger partial charge < -0.3 is 14.4 Å². The van der Waals surface area contributed by atoms with E-state index in [-0.39, 0.29) is 17.9 Å². The molecule has 0 saturated heterocycles. The van der Waals surface area contributed by atoms with Crippen LogP contribution in [0.1, 0.15) is 38.1 Å². The average Bonchev–Trinajstić information content (AvgIpc) is 3.17. The summed E-state index contributed by atoms with van der Waals surface area (Å²) >= 11 is 0. The standard InChI is InChI=1S/C19H20N2O4/c1-19(2,3)17(23)14-15(13-7-5-9-25-13)21(18(24)16(14)22)11-12-6-4-8-20-10-12/h4-10,15,22H,11H2,1-3H3. The Kier molecular flexibility index (Phi) is 4.20. The van der Waals surface area contributed by atoms with Gasteiger partial charge in [0.1, 0.15) is 11.8 Å². The highest BCUT2D eigenvalue weighted by atomic mass is 16.3. The Labute approximate surface area is 145 Å². The van der Waals surface area contributed by atoms with E-state index in [9.17, 15) is 14.7 Å². The van der Waals surface area contributed by atoms with Crippen LogP contribution in [0, 0.1) is 5.41 Å². The number of aliphatic hydroxyl groups is 1. The number of furan rings is 1. The zero-order valence-electron chi connectivity index (χ0n) is 14.4. The predicted octanol–water partition coefficient (Wildman–Crippen LogP) is 3.19. The minimum atomic E-state index is -0.755. The highest BCUT2D eigenvalue weighted by Crippen LogP contribution is 2.41. The van der Waals surface area contributed by atoms with Crippen LogP contribution in [0.2, 0.25) is 0 Å². The molecule has 6 heteroatoms. The molecule has 0 spiro atoms.